The Balaban J connectivity index is 2.01. The summed E-state index contributed by atoms with van der Waals surface area (Å²) in [6.07, 6.45) is -5.27. The van der Waals surface area contributed by atoms with Crippen molar-refractivity contribution < 1.29 is 18.0 Å². The Kier molecular flexibility index (Phi) is 4.40. The van der Waals surface area contributed by atoms with E-state index in [1.54, 1.807) is 0 Å². The molecule has 3 rings (SSSR count). The lowest BCUT2D eigenvalue weighted by Gasteiger charge is -2.29. The second-order valence-electron chi connectivity index (χ2n) is 5.48. The second kappa shape index (κ2) is 6.25. The molecule has 1 aliphatic rings. The van der Waals surface area contributed by atoms with Crippen LogP contribution in [-0.4, -0.2) is 11.9 Å². The van der Waals surface area contributed by atoms with Crippen LogP contribution in [0.4, 0.5) is 13.2 Å². The van der Waals surface area contributed by atoms with Crippen LogP contribution in [0, 0.1) is 11.3 Å². The molecule has 3 nitrogen and oxygen atoms in total. The Morgan fingerprint density at radius 2 is 1.68 bits per heavy atom. The summed E-state index contributed by atoms with van der Waals surface area (Å²) in [5, 5.41) is 12.6. The van der Waals surface area contributed by atoms with Crippen LogP contribution in [0.25, 0.3) is 0 Å². The molecule has 0 amide bonds. The normalized spacial score (nSPS) is 19.9. The van der Waals surface area contributed by atoms with E-state index in [2.05, 4.69) is 5.16 Å². The van der Waals surface area contributed by atoms with Crippen LogP contribution in [0.2, 0.25) is 10.0 Å². The molecule has 128 valence electrons. The van der Waals surface area contributed by atoms with Crippen molar-refractivity contribution in [2.24, 2.45) is 5.16 Å². The molecule has 0 spiro atoms. The summed E-state index contributed by atoms with van der Waals surface area (Å²) in [5.74, 6) is 0. The van der Waals surface area contributed by atoms with Crippen molar-refractivity contribution in [3.05, 3.63) is 69.2 Å². The lowest BCUT2D eigenvalue weighted by Crippen LogP contribution is -2.42. The van der Waals surface area contributed by atoms with E-state index in [-0.39, 0.29) is 21.3 Å². The van der Waals surface area contributed by atoms with Crippen LogP contribution in [-0.2, 0) is 10.4 Å². The summed E-state index contributed by atoms with van der Waals surface area (Å²) >= 11 is 11.7. The van der Waals surface area contributed by atoms with Gasteiger partial charge in [-0.1, -0.05) is 40.5 Å². The third-order valence-corrected chi connectivity index (χ3v) is 4.30. The van der Waals surface area contributed by atoms with E-state index in [1.807, 2.05) is 6.07 Å². The standard InChI is InChI=1S/C17H9Cl2F3N2O/c18-13-5-12(6-14(19)7-13)16(17(20,21)22)8-15(24-25-16)11-3-1-10(9-23)2-4-11/h1-7H,8H2. The van der Waals surface area contributed by atoms with Gasteiger partial charge in [-0.05, 0) is 35.9 Å². The zero-order valence-electron chi connectivity index (χ0n) is 12.4. The highest BCUT2D eigenvalue weighted by Crippen LogP contribution is 2.49. The largest absolute Gasteiger partial charge is 0.435 e. The highest BCUT2D eigenvalue weighted by Gasteiger charge is 2.62. The van der Waals surface area contributed by atoms with Crippen LogP contribution in [0.5, 0.6) is 0 Å². The molecule has 1 atom stereocenters. The Morgan fingerprint density at radius 1 is 1.08 bits per heavy atom. The van der Waals surface area contributed by atoms with Gasteiger partial charge in [0.2, 0.25) is 0 Å². The first-order valence-corrected chi connectivity index (χ1v) is 7.80. The van der Waals surface area contributed by atoms with Crippen LogP contribution >= 0.6 is 23.2 Å². The molecular weight excluding hydrogens is 376 g/mol. The molecule has 0 fully saturated rings. The molecule has 1 unspecified atom stereocenters. The summed E-state index contributed by atoms with van der Waals surface area (Å²) in [4.78, 5) is 4.91. The number of nitriles is 1. The van der Waals surface area contributed by atoms with Crippen molar-refractivity contribution in [2.45, 2.75) is 18.2 Å². The van der Waals surface area contributed by atoms with Gasteiger partial charge < -0.3 is 4.84 Å². The van der Waals surface area contributed by atoms with E-state index in [0.29, 0.717) is 11.1 Å². The van der Waals surface area contributed by atoms with Gasteiger partial charge in [0.25, 0.3) is 5.60 Å². The molecule has 8 heteroatoms. The van der Waals surface area contributed by atoms with Gasteiger partial charge in [0, 0.05) is 22.0 Å². The minimum Gasteiger partial charge on any atom is -0.374 e. The van der Waals surface area contributed by atoms with Gasteiger partial charge in [0.05, 0.1) is 17.3 Å². The van der Waals surface area contributed by atoms with Crippen LogP contribution in [0.15, 0.2) is 47.6 Å². The first kappa shape index (κ1) is 17.6. The molecule has 2 aromatic carbocycles. The average molecular weight is 385 g/mol. The Morgan fingerprint density at radius 3 is 2.20 bits per heavy atom. The third kappa shape index (κ3) is 3.17. The fraction of sp³-hybridized carbons (Fsp3) is 0.176. The summed E-state index contributed by atoms with van der Waals surface area (Å²) < 4.78 is 41.5. The quantitative estimate of drug-likeness (QED) is 0.691. The summed E-state index contributed by atoms with van der Waals surface area (Å²) in [6.45, 7) is 0. The number of halogens is 5. The van der Waals surface area contributed by atoms with E-state index in [4.69, 9.17) is 33.3 Å². The topological polar surface area (TPSA) is 45.4 Å². The number of hydrogen-bond donors (Lipinski definition) is 0. The van der Waals surface area contributed by atoms with E-state index in [0.717, 1.165) is 12.1 Å². The van der Waals surface area contributed by atoms with E-state index in [9.17, 15) is 13.2 Å². The van der Waals surface area contributed by atoms with Gasteiger partial charge >= 0.3 is 6.18 Å². The third-order valence-electron chi connectivity index (χ3n) is 3.86. The first-order valence-electron chi connectivity index (χ1n) is 7.04. The van der Waals surface area contributed by atoms with Crippen molar-refractivity contribution in [1.29, 1.82) is 5.26 Å². The van der Waals surface area contributed by atoms with Crippen molar-refractivity contribution in [1.82, 2.24) is 0 Å². The van der Waals surface area contributed by atoms with Gasteiger partial charge in [-0.2, -0.15) is 18.4 Å². The molecular formula is C17H9Cl2F3N2O. The lowest BCUT2D eigenvalue weighted by molar-refractivity contribution is -0.275. The molecule has 0 saturated carbocycles. The highest BCUT2D eigenvalue weighted by molar-refractivity contribution is 6.34. The number of nitrogens with zero attached hydrogens (tertiary/aromatic N) is 2. The summed E-state index contributed by atoms with van der Waals surface area (Å²) in [5.41, 5.74) is -1.92. The molecule has 0 N–H and O–H groups in total. The smallest absolute Gasteiger partial charge is 0.374 e. The number of benzene rings is 2. The minimum atomic E-state index is -4.74. The fourth-order valence-electron chi connectivity index (χ4n) is 2.58. The van der Waals surface area contributed by atoms with E-state index < -0.39 is 18.2 Å². The van der Waals surface area contributed by atoms with Crippen LogP contribution in [0.3, 0.4) is 0 Å². The SMILES string of the molecule is N#Cc1ccc(C2=NOC(c3cc(Cl)cc(Cl)c3)(C(F)(F)F)C2)cc1. The van der Waals surface area contributed by atoms with Gasteiger partial charge in [-0.25, -0.2) is 0 Å². The zero-order chi connectivity index (χ0) is 18.2. The van der Waals surface area contributed by atoms with Gasteiger partial charge in [0.15, 0.2) is 0 Å². The molecule has 0 aromatic heterocycles. The minimum absolute atomic E-state index is 0.0709. The highest BCUT2D eigenvalue weighted by atomic mass is 35.5. The fourth-order valence-corrected chi connectivity index (χ4v) is 3.11. The van der Waals surface area contributed by atoms with Gasteiger partial charge in [0.1, 0.15) is 0 Å². The maximum atomic E-state index is 13.8. The lowest BCUT2D eigenvalue weighted by atomic mass is 9.86. The second-order valence-corrected chi connectivity index (χ2v) is 6.35. The molecule has 25 heavy (non-hydrogen) atoms. The molecule has 2 aromatic rings. The first-order chi connectivity index (χ1) is 11.7. The Labute approximate surface area is 151 Å². The molecule has 0 aliphatic carbocycles. The van der Waals surface area contributed by atoms with Crippen molar-refractivity contribution >= 4 is 28.9 Å². The maximum Gasteiger partial charge on any atom is 0.435 e. The van der Waals surface area contributed by atoms with Crippen LogP contribution in [0.1, 0.15) is 23.1 Å². The van der Waals surface area contributed by atoms with Crippen molar-refractivity contribution in [2.75, 3.05) is 0 Å². The summed E-state index contributed by atoms with van der Waals surface area (Å²) in [6, 6.07) is 11.7. The van der Waals surface area contributed by atoms with Crippen molar-refractivity contribution in [3.63, 3.8) is 0 Å². The van der Waals surface area contributed by atoms with E-state index >= 15 is 0 Å². The van der Waals surface area contributed by atoms with Gasteiger partial charge in [-0.15, -0.1) is 0 Å². The predicted molar refractivity (Wildman–Crippen MR) is 87.6 cm³/mol. The molecule has 1 aliphatic heterocycles. The Hall–Kier alpha value is -2.23. The zero-order valence-corrected chi connectivity index (χ0v) is 14.0. The molecule has 0 saturated heterocycles. The van der Waals surface area contributed by atoms with Gasteiger partial charge in [-0.3, -0.25) is 0 Å². The molecule has 1 heterocycles. The number of rotatable bonds is 2. The maximum absolute atomic E-state index is 13.8. The monoisotopic (exact) mass is 384 g/mol. The molecule has 0 radical (unpaired) electrons. The van der Waals surface area contributed by atoms with Crippen molar-refractivity contribution in [3.8, 4) is 6.07 Å². The molecule has 0 bridgehead atoms. The number of hydrogen-bond acceptors (Lipinski definition) is 3. The summed E-state index contributed by atoms with van der Waals surface area (Å²) in [7, 11) is 0. The number of alkyl halides is 3. The number of oxime groups is 1. The van der Waals surface area contributed by atoms with Crippen LogP contribution < -0.4 is 0 Å². The predicted octanol–water partition coefficient (Wildman–Crippen LogP) is 5.45. The average Bonchev–Trinajstić information content (AvgIpc) is 3.00. The van der Waals surface area contributed by atoms with E-state index in [1.165, 1.54) is 30.3 Å². The Bertz CT molecular complexity index is 868.